The Labute approximate surface area is 92.8 Å². The van der Waals surface area contributed by atoms with Gasteiger partial charge in [-0.15, -0.1) is 0 Å². The molecule has 1 unspecified atom stereocenters. The van der Waals surface area contributed by atoms with Crippen LogP contribution in [0.5, 0.6) is 0 Å². The molecule has 1 aliphatic rings. The van der Waals surface area contributed by atoms with E-state index in [1.807, 2.05) is 32.6 Å². The number of likely N-dealkylation sites (tertiary alicyclic amines) is 1. The molecule has 15 heavy (non-hydrogen) atoms. The summed E-state index contributed by atoms with van der Waals surface area (Å²) in [5.41, 5.74) is 0.949. The van der Waals surface area contributed by atoms with Gasteiger partial charge < -0.3 is 10.0 Å². The largest absolute Gasteiger partial charge is 0.480 e. The van der Waals surface area contributed by atoms with Crippen molar-refractivity contribution >= 4 is 5.97 Å². The maximum Gasteiger partial charge on any atom is 0.326 e. The molecule has 1 rings (SSSR count). The normalized spacial score (nSPS) is 19.8. The van der Waals surface area contributed by atoms with Crippen LogP contribution < -0.4 is 0 Å². The van der Waals surface area contributed by atoms with E-state index in [0.717, 1.165) is 25.1 Å². The summed E-state index contributed by atoms with van der Waals surface area (Å²) in [6, 6.07) is -0.338. The first-order valence-corrected chi connectivity index (χ1v) is 5.72. The Balaban J connectivity index is 0.000000921. The number of carboxylic acids is 1. The van der Waals surface area contributed by atoms with Gasteiger partial charge in [0.2, 0.25) is 0 Å². The highest BCUT2D eigenvalue weighted by Gasteiger charge is 2.31. The van der Waals surface area contributed by atoms with Crippen LogP contribution in [0.1, 0.15) is 40.5 Å². The molecule has 1 aliphatic heterocycles. The molecule has 0 radical (unpaired) electrons. The molecule has 1 saturated heterocycles. The number of rotatable bonds is 3. The van der Waals surface area contributed by atoms with Crippen molar-refractivity contribution in [3.05, 3.63) is 12.3 Å². The van der Waals surface area contributed by atoms with Gasteiger partial charge in [-0.1, -0.05) is 34.3 Å². The van der Waals surface area contributed by atoms with Gasteiger partial charge in [-0.05, 0) is 18.8 Å². The Bertz CT molecular complexity index is 224. The molecule has 0 aromatic carbocycles. The van der Waals surface area contributed by atoms with Gasteiger partial charge in [-0.25, -0.2) is 4.79 Å². The van der Waals surface area contributed by atoms with Crippen LogP contribution in [-0.2, 0) is 4.79 Å². The van der Waals surface area contributed by atoms with Crippen LogP contribution in [0.2, 0.25) is 0 Å². The highest BCUT2D eigenvalue weighted by molar-refractivity contribution is 5.74. The third kappa shape index (κ3) is 3.57. The quantitative estimate of drug-likeness (QED) is 0.783. The van der Waals surface area contributed by atoms with Gasteiger partial charge in [-0.3, -0.25) is 0 Å². The number of allylic oxidation sites excluding steroid dienone is 1. The van der Waals surface area contributed by atoms with E-state index >= 15 is 0 Å². The van der Waals surface area contributed by atoms with Crippen LogP contribution in [-0.4, -0.2) is 28.6 Å². The van der Waals surface area contributed by atoms with Crippen LogP contribution in [0.25, 0.3) is 0 Å². The second kappa shape index (κ2) is 6.49. The lowest BCUT2D eigenvalue weighted by molar-refractivity contribution is -0.141. The zero-order valence-corrected chi connectivity index (χ0v) is 10.3. The highest BCUT2D eigenvalue weighted by atomic mass is 16.4. The number of aliphatic carboxylic acids is 1. The molecule has 1 atom stereocenters. The molecular formula is C12H23NO2. The smallest absolute Gasteiger partial charge is 0.326 e. The standard InChI is InChI=1S/C10H17NO2.C2H6/c1-7(2)8(3)11-6-4-5-9(11)10(12)13;1-2/h7,9H,3-6H2,1-2H3,(H,12,13);1-2H3. The number of carboxylic acid groups (broad SMARTS) is 1. The summed E-state index contributed by atoms with van der Waals surface area (Å²) in [4.78, 5) is 12.8. The minimum absolute atomic E-state index is 0.333. The van der Waals surface area contributed by atoms with E-state index in [1.165, 1.54) is 0 Å². The summed E-state index contributed by atoms with van der Waals surface area (Å²) in [5, 5.41) is 8.93. The third-order valence-corrected chi connectivity index (χ3v) is 2.57. The lowest BCUT2D eigenvalue weighted by Crippen LogP contribution is -2.36. The van der Waals surface area contributed by atoms with Gasteiger partial charge in [0.05, 0.1) is 0 Å². The summed E-state index contributed by atoms with van der Waals surface area (Å²) >= 11 is 0. The highest BCUT2D eigenvalue weighted by Crippen LogP contribution is 2.25. The lowest BCUT2D eigenvalue weighted by atomic mass is 10.1. The van der Waals surface area contributed by atoms with Crippen molar-refractivity contribution in [1.82, 2.24) is 4.90 Å². The number of nitrogens with zero attached hydrogens (tertiary/aromatic N) is 1. The molecule has 0 amide bonds. The number of carbonyl (C=O) groups is 1. The molecule has 88 valence electrons. The van der Waals surface area contributed by atoms with Crippen LogP contribution in [0.15, 0.2) is 12.3 Å². The third-order valence-electron chi connectivity index (χ3n) is 2.57. The Kier molecular flexibility index (Phi) is 6.06. The first-order chi connectivity index (χ1) is 7.04. The van der Waals surface area contributed by atoms with Crippen molar-refractivity contribution in [1.29, 1.82) is 0 Å². The molecule has 1 heterocycles. The van der Waals surface area contributed by atoms with Gasteiger partial charge in [0.25, 0.3) is 0 Å². The van der Waals surface area contributed by atoms with Crippen molar-refractivity contribution in [2.45, 2.75) is 46.6 Å². The first kappa shape index (κ1) is 14.0. The van der Waals surface area contributed by atoms with Gasteiger partial charge in [0.1, 0.15) is 6.04 Å². The van der Waals surface area contributed by atoms with E-state index in [9.17, 15) is 4.79 Å². The number of hydrogen-bond acceptors (Lipinski definition) is 2. The molecular weight excluding hydrogens is 190 g/mol. The van der Waals surface area contributed by atoms with E-state index in [2.05, 4.69) is 6.58 Å². The van der Waals surface area contributed by atoms with E-state index in [-0.39, 0.29) is 6.04 Å². The molecule has 0 bridgehead atoms. The fourth-order valence-corrected chi connectivity index (χ4v) is 1.70. The van der Waals surface area contributed by atoms with Crippen LogP contribution in [0, 0.1) is 5.92 Å². The Morgan fingerprint density at radius 1 is 1.47 bits per heavy atom. The molecule has 0 spiro atoms. The number of hydrogen-bond donors (Lipinski definition) is 1. The minimum atomic E-state index is -0.723. The second-order valence-corrected chi connectivity index (χ2v) is 3.84. The Morgan fingerprint density at radius 2 is 2.00 bits per heavy atom. The average molecular weight is 213 g/mol. The fraction of sp³-hybridized carbons (Fsp3) is 0.750. The fourth-order valence-electron chi connectivity index (χ4n) is 1.70. The molecule has 0 saturated carbocycles. The predicted molar refractivity (Wildman–Crippen MR) is 62.7 cm³/mol. The van der Waals surface area contributed by atoms with Crippen LogP contribution >= 0.6 is 0 Å². The van der Waals surface area contributed by atoms with Gasteiger partial charge in [0.15, 0.2) is 0 Å². The maximum atomic E-state index is 10.9. The molecule has 1 N–H and O–H groups in total. The topological polar surface area (TPSA) is 40.5 Å². The molecule has 3 nitrogen and oxygen atoms in total. The molecule has 1 fully saturated rings. The van der Waals surface area contributed by atoms with E-state index < -0.39 is 5.97 Å². The summed E-state index contributed by atoms with van der Waals surface area (Å²) in [7, 11) is 0. The van der Waals surface area contributed by atoms with Gasteiger partial charge in [0, 0.05) is 12.2 Å². The lowest BCUT2D eigenvalue weighted by Gasteiger charge is -2.27. The van der Waals surface area contributed by atoms with E-state index in [4.69, 9.17) is 5.11 Å². The van der Waals surface area contributed by atoms with Crippen molar-refractivity contribution in [3.63, 3.8) is 0 Å². The zero-order valence-electron chi connectivity index (χ0n) is 10.3. The predicted octanol–water partition coefficient (Wildman–Crippen LogP) is 2.73. The van der Waals surface area contributed by atoms with Crippen LogP contribution in [0.4, 0.5) is 0 Å². The molecule has 0 aromatic rings. The van der Waals surface area contributed by atoms with E-state index in [0.29, 0.717) is 5.92 Å². The van der Waals surface area contributed by atoms with Gasteiger partial charge >= 0.3 is 5.97 Å². The Morgan fingerprint density at radius 3 is 2.40 bits per heavy atom. The van der Waals surface area contributed by atoms with Crippen molar-refractivity contribution < 1.29 is 9.90 Å². The monoisotopic (exact) mass is 213 g/mol. The molecule has 0 aliphatic carbocycles. The van der Waals surface area contributed by atoms with Gasteiger partial charge in [-0.2, -0.15) is 0 Å². The summed E-state index contributed by atoms with van der Waals surface area (Å²) in [6.45, 7) is 12.9. The van der Waals surface area contributed by atoms with Crippen molar-refractivity contribution in [2.24, 2.45) is 5.92 Å². The van der Waals surface area contributed by atoms with Crippen LogP contribution in [0.3, 0.4) is 0 Å². The average Bonchev–Trinajstić information content (AvgIpc) is 2.68. The molecule has 3 heteroatoms. The second-order valence-electron chi connectivity index (χ2n) is 3.84. The Hall–Kier alpha value is -0.990. The van der Waals surface area contributed by atoms with Crippen molar-refractivity contribution in [2.75, 3.05) is 6.54 Å². The summed E-state index contributed by atoms with van der Waals surface area (Å²) in [5.74, 6) is -0.390. The molecule has 0 aromatic heterocycles. The SMILES string of the molecule is C=C(C(C)C)N1CCCC1C(=O)O.CC. The zero-order chi connectivity index (χ0) is 12.0. The first-order valence-electron chi connectivity index (χ1n) is 5.72. The summed E-state index contributed by atoms with van der Waals surface area (Å²) in [6.07, 6.45) is 1.71. The maximum absolute atomic E-state index is 10.9. The van der Waals surface area contributed by atoms with E-state index in [1.54, 1.807) is 0 Å². The van der Waals surface area contributed by atoms with Crippen molar-refractivity contribution in [3.8, 4) is 0 Å². The minimum Gasteiger partial charge on any atom is -0.480 e. The summed E-state index contributed by atoms with van der Waals surface area (Å²) < 4.78 is 0.